The highest BCUT2D eigenvalue weighted by atomic mass is 16.5. The summed E-state index contributed by atoms with van der Waals surface area (Å²) in [5.74, 6) is 6.79. The van der Waals surface area contributed by atoms with E-state index in [1.807, 2.05) is 25.1 Å². The standard InChI is InChI=1S/C16H14O3/c1-2-18-12-16-9-15(11-19-16)8-5-13-3-6-14(10-17)7-4-13/h3-4,6-7,9-11H,2,12H2,1H3. The number of hydrogen-bond acceptors (Lipinski definition) is 3. The van der Waals surface area contributed by atoms with Crippen LogP contribution in [0.5, 0.6) is 0 Å². The molecule has 0 bridgehead atoms. The normalized spacial score (nSPS) is 9.74. The molecule has 0 aliphatic rings. The van der Waals surface area contributed by atoms with Crippen molar-refractivity contribution in [2.75, 3.05) is 6.61 Å². The Bertz CT molecular complexity index is 597. The van der Waals surface area contributed by atoms with E-state index in [4.69, 9.17) is 9.15 Å². The molecule has 1 aromatic carbocycles. The summed E-state index contributed by atoms with van der Waals surface area (Å²) < 4.78 is 10.6. The molecule has 96 valence electrons. The summed E-state index contributed by atoms with van der Waals surface area (Å²) in [5.41, 5.74) is 2.32. The fourth-order valence-corrected chi connectivity index (χ4v) is 1.51. The first kappa shape index (κ1) is 13.1. The SMILES string of the molecule is CCOCc1cc(C#Cc2ccc(C=O)cc2)co1. The number of carbonyl (C=O) groups is 1. The van der Waals surface area contributed by atoms with Crippen molar-refractivity contribution in [3.05, 3.63) is 59.0 Å². The molecule has 0 saturated carbocycles. The minimum Gasteiger partial charge on any atom is -0.466 e. The van der Waals surface area contributed by atoms with Crippen LogP contribution >= 0.6 is 0 Å². The largest absolute Gasteiger partial charge is 0.466 e. The minimum absolute atomic E-state index is 0.464. The van der Waals surface area contributed by atoms with Crippen LogP contribution in [0.1, 0.15) is 34.2 Å². The van der Waals surface area contributed by atoms with Crippen molar-refractivity contribution in [3.8, 4) is 11.8 Å². The number of rotatable bonds is 4. The molecular formula is C16H14O3. The molecule has 2 rings (SSSR count). The van der Waals surface area contributed by atoms with Gasteiger partial charge < -0.3 is 9.15 Å². The molecule has 0 saturated heterocycles. The van der Waals surface area contributed by atoms with Gasteiger partial charge in [-0.1, -0.05) is 24.0 Å². The van der Waals surface area contributed by atoms with Gasteiger partial charge in [0.1, 0.15) is 24.9 Å². The molecule has 3 heteroatoms. The molecule has 0 fully saturated rings. The van der Waals surface area contributed by atoms with Gasteiger partial charge in [0, 0.05) is 17.7 Å². The van der Waals surface area contributed by atoms with Crippen LogP contribution in [0.25, 0.3) is 0 Å². The topological polar surface area (TPSA) is 39.4 Å². The molecule has 0 radical (unpaired) electrons. The van der Waals surface area contributed by atoms with Crippen LogP contribution in [0.4, 0.5) is 0 Å². The molecule has 0 aliphatic heterocycles. The van der Waals surface area contributed by atoms with Gasteiger partial charge in [-0.2, -0.15) is 0 Å². The Labute approximate surface area is 112 Å². The van der Waals surface area contributed by atoms with Gasteiger partial charge in [0.05, 0.1) is 5.56 Å². The van der Waals surface area contributed by atoms with Gasteiger partial charge in [-0.25, -0.2) is 0 Å². The third kappa shape index (κ3) is 3.84. The van der Waals surface area contributed by atoms with Crippen LogP contribution in [0, 0.1) is 11.8 Å². The van der Waals surface area contributed by atoms with E-state index in [-0.39, 0.29) is 0 Å². The summed E-state index contributed by atoms with van der Waals surface area (Å²) in [5, 5.41) is 0. The van der Waals surface area contributed by atoms with Gasteiger partial charge in [0.25, 0.3) is 0 Å². The first-order valence-corrected chi connectivity index (χ1v) is 6.04. The first-order valence-electron chi connectivity index (χ1n) is 6.04. The predicted octanol–water partition coefficient (Wildman–Crippen LogP) is 3.03. The highest BCUT2D eigenvalue weighted by Gasteiger charge is 1.99. The molecule has 0 unspecified atom stereocenters. The summed E-state index contributed by atoms with van der Waals surface area (Å²) in [6.07, 6.45) is 2.43. The second-order valence-corrected chi connectivity index (χ2v) is 3.93. The summed E-state index contributed by atoms with van der Waals surface area (Å²) in [4.78, 5) is 10.5. The third-order valence-corrected chi connectivity index (χ3v) is 2.50. The summed E-state index contributed by atoms with van der Waals surface area (Å²) in [6.45, 7) is 3.06. The van der Waals surface area contributed by atoms with Crippen molar-refractivity contribution in [1.82, 2.24) is 0 Å². The average molecular weight is 254 g/mol. The molecule has 1 heterocycles. The highest BCUT2D eigenvalue weighted by Crippen LogP contribution is 2.08. The van der Waals surface area contributed by atoms with Crippen LogP contribution in [-0.2, 0) is 11.3 Å². The van der Waals surface area contributed by atoms with Crippen molar-refractivity contribution in [1.29, 1.82) is 0 Å². The van der Waals surface area contributed by atoms with E-state index < -0.39 is 0 Å². The molecule has 0 aliphatic carbocycles. The number of benzene rings is 1. The molecular weight excluding hydrogens is 240 g/mol. The van der Waals surface area contributed by atoms with E-state index in [9.17, 15) is 4.79 Å². The van der Waals surface area contributed by atoms with E-state index in [2.05, 4.69) is 11.8 Å². The Balaban J connectivity index is 2.05. The summed E-state index contributed by atoms with van der Waals surface area (Å²) >= 11 is 0. The Morgan fingerprint density at radius 3 is 2.63 bits per heavy atom. The van der Waals surface area contributed by atoms with E-state index >= 15 is 0 Å². The monoisotopic (exact) mass is 254 g/mol. The van der Waals surface area contributed by atoms with Crippen molar-refractivity contribution in [3.63, 3.8) is 0 Å². The predicted molar refractivity (Wildman–Crippen MR) is 71.8 cm³/mol. The zero-order chi connectivity index (χ0) is 13.5. The number of aldehydes is 1. The van der Waals surface area contributed by atoms with E-state index in [1.54, 1.807) is 18.4 Å². The molecule has 0 N–H and O–H groups in total. The van der Waals surface area contributed by atoms with Gasteiger partial charge in [0.2, 0.25) is 0 Å². The molecule has 1 aromatic heterocycles. The van der Waals surface area contributed by atoms with Gasteiger partial charge in [-0.15, -0.1) is 0 Å². The Morgan fingerprint density at radius 2 is 1.95 bits per heavy atom. The molecule has 2 aromatic rings. The van der Waals surface area contributed by atoms with Crippen LogP contribution in [0.3, 0.4) is 0 Å². The van der Waals surface area contributed by atoms with E-state index in [1.165, 1.54) is 0 Å². The van der Waals surface area contributed by atoms with E-state index in [0.29, 0.717) is 18.8 Å². The fourth-order valence-electron chi connectivity index (χ4n) is 1.51. The molecule has 3 nitrogen and oxygen atoms in total. The van der Waals surface area contributed by atoms with Crippen LogP contribution in [-0.4, -0.2) is 12.9 Å². The number of furan rings is 1. The maximum Gasteiger partial charge on any atom is 0.150 e. The van der Waals surface area contributed by atoms with Crippen molar-refractivity contribution in [2.24, 2.45) is 0 Å². The van der Waals surface area contributed by atoms with Crippen molar-refractivity contribution in [2.45, 2.75) is 13.5 Å². The van der Waals surface area contributed by atoms with Crippen LogP contribution in [0.15, 0.2) is 41.0 Å². The van der Waals surface area contributed by atoms with Crippen LogP contribution < -0.4 is 0 Å². The highest BCUT2D eigenvalue weighted by molar-refractivity contribution is 5.74. The van der Waals surface area contributed by atoms with Gasteiger partial charge in [-0.3, -0.25) is 4.79 Å². The lowest BCUT2D eigenvalue weighted by Gasteiger charge is -1.94. The van der Waals surface area contributed by atoms with Crippen LogP contribution in [0.2, 0.25) is 0 Å². The number of ether oxygens (including phenoxy) is 1. The fraction of sp³-hybridized carbons (Fsp3) is 0.188. The Morgan fingerprint density at radius 1 is 1.21 bits per heavy atom. The van der Waals surface area contributed by atoms with Gasteiger partial charge in [0.15, 0.2) is 0 Å². The molecule has 0 amide bonds. The second-order valence-electron chi connectivity index (χ2n) is 3.93. The second kappa shape index (κ2) is 6.58. The minimum atomic E-state index is 0.464. The lowest BCUT2D eigenvalue weighted by Crippen LogP contribution is -1.88. The van der Waals surface area contributed by atoms with Crippen molar-refractivity contribution < 1.29 is 13.9 Å². The maximum atomic E-state index is 10.5. The molecule has 19 heavy (non-hydrogen) atoms. The Kier molecular flexibility index (Phi) is 4.54. The van der Waals surface area contributed by atoms with E-state index in [0.717, 1.165) is 23.2 Å². The lowest BCUT2D eigenvalue weighted by molar-refractivity contribution is 0.112. The third-order valence-electron chi connectivity index (χ3n) is 2.50. The maximum absolute atomic E-state index is 10.5. The smallest absolute Gasteiger partial charge is 0.150 e. The Hall–Kier alpha value is -2.31. The zero-order valence-corrected chi connectivity index (χ0v) is 10.7. The number of hydrogen-bond donors (Lipinski definition) is 0. The first-order chi connectivity index (χ1) is 9.31. The summed E-state index contributed by atoms with van der Waals surface area (Å²) in [6, 6.07) is 8.98. The number of carbonyl (C=O) groups excluding carboxylic acids is 1. The average Bonchev–Trinajstić information content (AvgIpc) is 2.91. The molecule has 0 atom stereocenters. The van der Waals surface area contributed by atoms with Gasteiger partial charge in [-0.05, 0) is 25.1 Å². The lowest BCUT2D eigenvalue weighted by atomic mass is 10.1. The summed E-state index contributed by atoms with van der Waals surface area (Å²) in [7, 11) is 0. The van der Waals surface area contributed by atoms with Crippen molar-refractivity contribution >= 4 is 6.29 Å². The molecule has 0 spiro atoms. The quantitative estimate of drug-likeness (QED) is 0.622. The van der Waals surface area contributed by atoms with Gasteiger partial charge >= 0.3 is 0 Å². The zero-order valence-electron chi connectivity index (χ0n) is 10.7.